The van der Waals surface area contributed by atoms with Gasteiger partial charge in [0, 0.05) is 55.2 Å². The number of carbonyl (C=O) groups is 1. The molecule has 1 aromatic carbocycles. The number of nitrogens with one attached hydrogen (secondary N) is 1. The van der Waals surface area contributed by atoms with Crippen LogP contribution in [0.2, 0.25) is 5.02 Å². The Morgan fingerprint density at radius 1 is 1.03 bits per heavy atom. The molecule has 9 nitrogen and oxygen atoms in total. The van der Waals surface area contributed by atoms with E-state index >= 15 is 0 Å². The van der Waals surface area contributed by atoms with Gasteiger partial charge in [-0.3, -0.25) is 4.98 Å². The Morgan fingerprint density at radius 2 is 1.81 bits per heavy atom. The number of nitrogens with zero attached hydrogens (tertiary/aromatic N) is 6. The Kier molecular flexibility index (Phi) is 8.53. The van der Waals surface area contributed by atoms with Crippen LogP contribution < -0.4 is 10.2 Å². The van der Waals surface area contributed by atoms with E-state index in [4.69, 9.17) is 16.1 Å². The zero-order chi connectivity index (χ0) is 25.5. The quantitative estimate of drug-likeness (QED) is 0.447. The third-order valence-corrected chi connectivity index (χ3v) is 7.47. The summed E-state index contributed by atoms with van der Waals surface area (Å²) in [4.78, 5) is 28.0. The highest BCUT2D eigenvalue weighted by molar-refractivity contribution is 6.30. The molecule has 10 heteroatoms. The van der Waals surface area contributed by atoms with Gasteiger partial charge in [0.2, 0.25) is 5.82 Å². The maximum Gasteiger partial charge on any atom is 0.324 e. The molecule has 37 heavy (non-hydrogen) atoms. The Bertz CT molecular complexity index is 1130. The summed E-state index contributed by atoms with van der Waals surface area (Å²) in [5.41, 5.74) is 2.05. The van der Waals surface area contributed by atoms with Crippen LogP contribution >= 0.6 is 11.6 Å². The highest BCUT2D eigenvalue weighted by Gasteiger charge is 2.25. The lowest BCUT2D eigenvalue weighted by atomic mass is 9.92. The molecule has 196 valence electrons. The summed E-state index contributed by atoms with van der Waals surface area (Å²) in [7, 11) is 0. The Hall–Kier alpha value is -3.17. The van der Waals surface area contributed by atoms with Gasteiger partial charge in [0.25, 0.3) is 0 Å². The predicted octanol–water partition coefficient (Wildman–Crippen LogP) is 3.96. The number of halogens is 1. The van der Waals surface area contributed by atoms with Crippen molar-refractivity contribution in [3.8, 4) is 11.4 Å². The average molecular weight is 524 g/mol. The second-order valence-corrected chi connectivity index (χ2v) is 10.2. The standard InChI is InChI=1S/C27H34ClN7O2/c28-23-7-5-22(6-8-23)25-31-27(37-32-25)35-18-16-34(17-19-35)26(36)30-12-3-13-33-14-9-21(10-15-33)20-24-4-1-2-11-29-24/h1-2,4-8,11,21H,3,9-10,12-20H2,(H,30,36). The molecule has 0 spiro atoms. The minimum Gasteiger partial charge on any atom is -0.338 e. The number of anilines is 1. The summed E-state index contributed by atoms with van der Waals surface area (Å²) in [6.45, 7) is 6.53. The Morgan fingerprint density at radius 3 is 2.54 bits per heavy atom. The van der Waals surface area contributed by atoms with Crippen molar-refractivity contribution >= 4 is 23.6 Å². The normalized spacial score (nSPS) is 17.2. The maximum absolute atomic E-state index is 12.6. The topological polar surface area (TPSA) is 90.6 Å². The molecule has 1 N–H and O–H groups in total. The summed E-state index contributed by atoms with van der Waals surface area (Å²) in [6, 6.07) is 14.0. The fourth-order valence-corrected chi connectivity index (χ4v) is 5.13. The van der Waals surface area contributed by atoms with Crippen LogP contribution in [0.4, 0.5) is 10.8 Å². The molecular weight excluding hydrogens is 490 g/mol. The molecule has 2 saturated heterocycles. The zero-order valence-electron chi connectivity index (χ0n) is 21.1. The van der Waals surface area contributed by atoms with E-state index in [2.05, 4.69) is 37.5 Å². The van der Waals surface area contributed by atoms with Crippen LogP contribution in [0.15, 0.2) is 53.2 Å². The molecule has 0 unspecified atom stereocenters. The van der Waals surface area contributed by atoms with E-state index in [1.807, 2.05) is 34.2 Å². The molecule has 2 aliphatic heterocycles. The lowest BCUT2D eigenvalue weighted by Gasteiger charge is -2.34. The lowest BCUT2D eigenvalue weighted by molar-refractivity contribution is 0.177. The highest BCUT2D eigenvalue weighted by Crippen LogP contribution is 2.23. The molecule has 2 amide bonds. The molecule has 0 aliphatic carbocycles. The van der Waals surface area contributed by atoms with Crippen molar-refractivity contribution in [2.45, 2.75) is 25.7 Å². The number of carbonyl (C=O) groups excluding carboxylic acids is 1. The van der Waals surface area contributed by atoms with Gasteiger partial charge in [0.05, 0.1) is 0 Å². The summed E-state index contributed by atoms with van der Waals surface area (Å²) in [6.07, 6.45) is 6.36. The first-order valence-corrected chi connectivity index (χ1v) is 13.5. The zero-order valence-corrected chi connectivity index (χ0v) is 21.8. The van der Waals surface area contributed by atoms with Crippen molar-refractivity contribution in [3.05, 3.63) is 59.4 Å². The number of hydrogen-bond acceptors (Lipinski definition) is 7. The van der Waals surface area contributed by atoms with E-state index in [0.29, 0.717) is 49.6 Å². The maximum atomic E-state index is 12.6. The first-order valence-electron chi connectivity index (χ1n) is 13.1. The van der Waals surface area contributed by atoms with Crippen LogP contribution in [0.1, 0.15) is 25.0 Å². The van der Waals surface area contributed by atoms with Gasteiger partial charge >= 0.3 is 12.0 Å². The van der Waals surface area contributed by atoms with Crippen LogP contribution in [-0.4, -0.2) is 83.3 Å². The minimum atomic E-state index is 0.00102. The predicted molar refractivity (Wildman–Crippen MR) is 144 cm³/mol. The summed E-state index contributed by atoms with van der Waals surface area (Å²) < 4.78 is 5.46. The van der Waals surface area contributed by atoms with Crippen molar-refractivity contribution in [1.29, 1.82) is 0 Å². The van der Waals surface area contributed by atoms with Gasteiger partial charge in [-0.25, -0.2) is 4.79 Å². The molecule has 0 bridgehead atoms. The van der Waals surface area contributed by atoms with Gasteiger partial charge in [0.1, 0.15) is 0 Å². The van der Waals surface area contributed by atoms with Gasteiger partial charge in [-0.05, 0) is 87.6 Å². The number of aromatic nitrogens is 3. The summed E-state index contributed by atoms with van der Waals surface area (Å²) in [5, 5.41) is 7.84. The van der Waals surface area contributed by atoms with Gasteiger partial charge in [-0.1, -0.05) is 22.8 Å². The first-order chi connectivity index (χ1) is 18.1. The second kappa shape index (κ2) is 12.4. The fourth-order valence-electron chi connectivity index (χ4n) is 5.00. The molecule has 0 radical (unpaired) electrons. The van der Waals surface area contributed by atoms with E-state index in [0.717, 1.165) is 44.0 Å². The Labute approximate surface area is 222 Å². The number of pyridine rings is 1. The summed E-state index contributed by atoms with van der Waals surface area (Å²) in [5.74, 6) is 1.25. The number of piperidine rings is 1. The lowest BCUT2D eigenvalue weighted by Crippen LogP contribution is -2.52. The van der Waals surface area contributed by atoms with Gasteiger partial charge in [-0.15, -0.1) is 0 Å². The minimum absolute atomic E-state index is 0.00102. The third kappa shape index (κ3) is 6.99. The molecular formula is C27H34ClN7O2. The fraction of sp³-hybridized carbons (Fsp3) is 0.481. The van der Waals surface area contributed by atoms with Crippen LogP contribution in [0.3, 0.4) is 0 Å². The number of urea groups is 1. The Balaban J connectivity index is 0.968. The number of hydrogen-bond donors (Lipinski definition) is 1. The number of likely N-dealkylation sites (tertiary alicyclic amines) is 1. The molecule has 0 atom stereocenters. The number of piperazine rings is 1. The van der Waals surface area contributed by atoms with Crippen molar-refractivity contribution in [3.63, 3.8) is 0 Å². The van der Waals surface area contributed by atoms with Gasteiger partial charge in [0.15, 0.2) is 0 Å². The van der Waals surface area contributed by atoms with E-state index in [1.54, 1.807) is 12.1 Å². The molecule has 4 heterocycles. The van der Waals surface area contributed by atoms with Gasteiger partial charge < -0.3 is 24.5 Å². The van der Waals surface area contributed by atoms with Crippen LogP contribution in [0.5, 0.6) is 0 Å². The summed E-state index contributed by atoms with van der Waals surface area (Å²) >= 11 is 5.95. The van der Waals surface area contributed by atoms with E-state index in [-0.39, 0.29) is 6.03 Å². The largest absolute Gasteiger partial charge is 0.338 e. The van der Waals surface area contributed by atoms with Crippen molar-refractivity contribution in [2.75, 3.05) is 57.3 Å². The smallest absolute Gasteiger partial charge is 0.324 e. The molecule has 3 aromatic rings. The van der Waals surface area contributed by atoms with E-state index < -0.39 is 0 Å². The first kappa shape index (κ1) is 25.5. The monoisotopic (exact) mass is 523 g/mol. The number of benzene rings is 1. The third-order valence-electron chi connectivity index (χ3n) is 7.21. The number of rotatable bonds is 8. The molecule has 0 saturated carbocycles. The highest BCUT2D eigenvalue weighted by atomic mass is 35.5. The van der Waals surface area contributed by atoms with E-state index in [9.17, 15) is 4.79 Å². The number of amides is 2. The van der Waals surface area contributed by atoms with Crippen molar-refractivity contribution in [2.24, 2.45) is 5.92 Å². The van der Waals surface area contributed by atoms with Gasteiger partial charge in [-0.2, -0.15) is 4.98 Å². The van der Waals surface area contributed by atoms with Crippen molar-refractivity contribution in [1.82, 2.24) is 30.2 Å². The van der Waals surface area contributed by atoms with Crippen LogP contribution in [0.25, 0.3) is 11.4 Å². The van der Waals surface area contributed by atoms with Crippen LogP contribution in [-0.2, 0) is 6.42 Å². The average Bonchev–Trinajstić information content (AvgIpc) is 3.43. The molecule has 2 aromatic heterocycles. The molecule has 5 rings (SSSR count). The van der Waals surface area contributed by atoms with E-state index in [1.165, 1.54) is 18.5 Å². The van der Waals surface area contributed by atoms with Crippen molar-refractivity contribution < 1.29 is 9.32 Å². The van der Waals surface area contributed by atoms with Crippen LogP contribution in [0, 0.1) is 5.92 Å². The SMILES string of the molecule is O=C(NCCCN1CCC(Cc2ccccn2)CC1)N1CCN(c2nc(-c3ccc(Cl)cc3)no2)CC1. The second-order valence-electron chi connectivity index (χ2n) is 9.78. The molecule has 2 fully saturated rings. The molecule has 2 aliphatic rings.